The summed E-state index contributed by atoms with van der Waals surface area (Å²) < 4.78 is 0. The Morgan fingerprint density at radius 1 is 1.40 bits per heavy atom. The zero-order valence-corrected chi connectivity index (χ0v) is 9.25. The SMILES string of the molecule is CC1(C(=O)O)CC(C2CCCNC2)CN1. The molecule has 0 amide bonds. The number of hydrogen-bond acceptors (Lipinski definition) is 3. The summed E-state index contributed by atoms with van der Waals surface area (Å²) in [7, 11) is 0. The Morgan fingerprint density at radius 2 is 2.20 bits per heavy atom. The lowest BCUT2D eigenvalue weighted by atomic mass is 9.82. The minimum atomic E-state index is -0.714. The standard InChI is InChI=1S/C11H20N2O2/c1-11(10(14)15)5-9(7-13-11)8-3-2-4-12-6-8/h8-9,12-13H,2-7H2,1H3,(H,14,15). The molecule has 0 aromatic heterocycles. The number of rotatable bonds is 2. The summed E-state index contributed by atoms with van der Waals surface area (Å²) in [4.78, 5) is 11.1. The number of hydrogen-bond donors (Lipinski definition) is 3. The highest BCUT2D eigenvalue weighted by Crippen LogP contribution is 2.32. The van der Waals surface area contributed by atoms with Crippen molar-refractivity contribution in [2.45, 2.75) is 31.7 Å². The summed E-state index contributed by atoms with van der Waals surface area (Å²) in [6.07, 6.45) is 3.24. The van der Waals surface area contributed by atoms with Gasteiger partial charge in [0.2, 0.25) is 0 Å². The Labute approximate surface area is 90.4 Å². The molecule has 86 valence electrons. The van der Waals surface area contributed by atoms with Gasteiger partial charge in [-0.3, -0.25) is 4.79 Å². The Bertz CT molecular complexity index is 251. The Kier molecular flexibility index (Phi) is 2.98. The molecule has 4 nitrogen and oxygen atoms in total. The Balaban J connectivity index is 1.94. The van der Waals surface area contributed by atoms with Gasteiger partial charge in [0.1, 0.15) is 5.54 Å². The predicted octanol–water partition coefficient (Wildman–Crippen LogP) is 0.439. The van der Waals surface area contributed by atoms with Gasteiger partial charge < -0.3 is 15.7 Å². The first-order valence-corrected chi connectivity index (χ1v) is 5.81. The summed E-state index contributed by atoms with van der Waals surface area (Å²) in [6.45, 7) is 4.83. The molecular weight excluding hydrogens is 192 g/mol. The lowest BCUT2D eigenvalue weighted by Crippen LogP contribution is -2.44. The van der Waals surface area contributed by atoms with Crippen molar-refractivity contribution in [2.24, 2.45) is 11.8 Å². The molecule has 15 heavy (non-hydrogen) atoms. The molecule has 2 aliphatic rings. The molecule has 0 spiro atoms. The lowest BCUT2D eigenvalue weighted by molar-refractivity contribution is -0.143. The van der Waals surface area contributed by atoms with Gasteiger partial charge in [-0.15, -0.1) is 0 Å². The molecule has 4 heteroatoms. The number of carbonyl (C=O) groups is 1. The molecule has 3 unspecified atom stereocenters. The van der Waals surface area contributed by atoms with Crippen molar-refractivity contribution < 1.29 is 9.90 Å². The number of nitrogens with one attached hydrogen (secondary N) is 2. The van der Waals surface area contributed by atoms with Crippen LogP contribution in [0.3, 0.4) is 0 Å². The molecule has 0 saturated carbocycles. The Morgan fingerprint density at radius 3 is 2.73 bits per heavy atom. The molecule has 0 aliphatic carbocycles. The van der Waals surface area contributed by atoms with Crippen molar-refractivity contribution in [3.63, 3.8) is 0 Å². The van der Waals surface area contributed by atoms with Crippen LogP contribution < -0.4 is 10.6 Å². The van der Waals surface area contributed by atoms with Gasteiger partial charge >= 0.3 is 5.97 Å². The third-order valence-corrected chi connectivity index (χ3v) is 3.90. The van der Waals surface area contributed by atoms with E-state index in [4.69, 9.17) is 5.11 Å². The second kappa shape index (κ2) is 4.10. The van der Waals surface area contributed by atoms with Crippen molar-refractivity contribution in [2.75, 3.05) is 19.6 Å². The Hall–Kier alpha value is -0.610. The molecule has 3 N–H and O–H groups in total. The van der Waals surface area contributed by atoms with Gasteiger partial charge in [-0.1, -0.05) is 0 Å². The van der Waals surface area contributed by atoms with Crippen LogP contribution in [-0.4, -0.2) is 36.2 Å². The zero-order valence-electron chi connectivity index (χ0n) is 9.25. The molecule has 2 aliphatic heterocycles. The highest BCUT2D eigenvalue weighted by Gasteiger charge is 2.43. The summed E-state index contributed by atoms with van der Waals surface area (Å²) >= 11 is 0. The summed E-state index contributed by atoms with van der Waals surface area (Å²) in [5.41, 5.74) is -0.692. The molecule has 2 rings (SSSR count). The second-order valence-corrected chi connectivity index (χ2v) is 5.09. The third kappa shape index (κ3) is 2.16. The average Bonchev–Trinajstić information content (AvgIpc) is 2.64. The van der Waals surface area contributed by atoms with E-state index in [9.17, 15) is 4.79 Å². The molecule has 2 heterocycles. The van der Waals surface area contributed by atoms with Crippen molar-refractivity contribution in [3.05, 3.63) is 0 Å². The maximum atomic E-state index is 11.1. The van der Waals surface area contributed by atoms with Crippen LogP contribution in [0.2, 0.25) is 0 Å². The largest absolute Gasteiger partial charge is 0.480 e. The van der Waals surface area contributed by atoms with Gasteiger partial charge in [0.05, 0.1) is 0 Å². The fourth-order valence-electron chi connectivity index (χ4n) is 2.80. The molecular formula is C11H20N2O2. The topological polar surface area (TPSA) is 61.4 Å². The fraction of sp³-hybridized carbons (Fsp3) is 0.909. The van der Waals surface area contributed by atoms with Gasteiger partial charge in [0, 0.05) is 0 Å². The highest BCUT2D eigenvalue weighted by atomic mass is 16.4. The zero-order chi connectivity index (χ0) is 10.9. The van der Waals surface area contributed by atoms with E-state index in [1.54, 1.807) is 6.92 Å². The van der Waals surface area contributed by atoms with Crippen molar-refractivity contribution >= 4 is 5.97 Å². The number of carboxylic acid groups (broad SMARTS) is 1. The second-order valence-electron chi connectivity index (χ2n) is 5.09. The van der Waals surface area contributed by atoms with Crippen LogP contribution in [0, 0.1) is 11.8 Å². The van der Waals surface area contributed by atoms with E-state index in [-0.39, 0.29) is 0 Å². The normalized spacial score (nSPS) is 41.7. The summed E-state index contributed by atoms with van der Waals surface area (Å²) in [5.74, 6) is 0.472. The van der Waals surface area contributed by atoms with Crippen LogP contribution in [0.15, 0.2) is 0 Å². The monoisotopic (exact) mass is 212 g/mol. The van der Waals surface area contributed by atoms with Gasteiger partial charge in [-0.25, -0.2) is 0 Å². The van der Waals surface area contributed by atoms with E-state index < -0.39 is 11.5 Å². The van der Waals surface area contributed by atoms with E-state index in [2.05, 4.69) is 10.6 Å². The minimum absolute atomic E-state index is 0.527. The van der Waals surface area contributed by atoms with Crippen LogP contribution in [0.5, 0.6) is 0 Å². The predicted molar refractivity (Wildman–Crippen MR) is 57.7 cm³/mol. The minimum Gasteiger partial charge on any atom is -0.480 e. The molecule has 2 saturated heterocycles. The number of carboxylic acids is 1. The first-order valence-electron chi connectivity index (χ1n) is 5.81. The molecule has 0 aromatic carbocycles. The van der Waals surface area contributed by atoms with Gasteiger partial charge in [0.15, 0.2) is 0 Å². The maximum absolute atomic E-state index is 11.1. The van der Waals surface area contributed by atoms with E-state index in [0.717, 1.165) is 26.1 Å². The smallest absolute Gasteiger partial charge is 0.323 e. The summed E-state index contributed by atoms with van der Waals surface area (Å²) in [6, 6.07) is 0. The van der Waals surface area contributed by atoms with Gasteiger partial charge in [-0.2, -0.15) is 0 Å². The maximum Gasteiger partial charge on any atom is 0.323 e. The van der Waals surface area contributed by atoms with E-state index in [0.29, 0.717) is 11.8 Å². The van der Waals surface area contributed by atoms with E-state index >= 15 is 0 Å². The lowest BCUT2D eigenvalue weighted by Gasteiger charge is -2.28. The third-order valence-electron chi connectivity index (χ3n) is 3.90. The van der Waals surface area contributed by atoms with Gasteiger partial charge in [0.25, 0.3) is 0 Å². The molecule has 0 aromatic rings. The van der Waals surface area contributed by atoms with E-state index in [1.807, 2.05) is 0 Å². The summed E-state index contributed by atoms with van der Waals surface area (Å²) in [5, 5.41) is 15.7. The quantitative estimate of drug-likeness (QED) is 0.621. The number of piperidine rings is 1. The van der Waals surface area contributed by atoms with Crippen molar-refractivity contribution in [1.29, 1.82) is 0 Å². The average molecular weight is 212 g/mol. The van der Waals surface area contributed by atoms with Crippen molar-refractivity contribution in [3.8, 4) is 0 Å². The molecule has 2 fully saturated rings. The van der Waals surface area contributed by atoms with Crippen LogP contribution >= 0.6 is 0 Å². The van der Waals surface area contributed by atoms with Crippen LogP contribution in [0.4, 0.5) is 0 Å². The van der Waals surface area contributed by atoms with E-state index in [1.165, 1.54) is 12.8 Å². The first kappa shape index (κ1) is 10.9. The number of aliphatic carboxylic acids is 1. The molecule has 0 bridgehead atoms. The van der Waals surface area contributed by atoms with Crippen LogP contribution in [-0.2, 0) is 4.79 Å². The van der Waals surface area contributed by atoms with Crippen LogP contribution in [0.25, 0.3) is 0 Å². The van der Waals surface area contributed by atoms with Crippen molar-refractivity contribution in [1.82, 2.24) is 10.6 Å². The highest BCUT2D eigenvalue weighted by molar-refractivity contribution is 5.78. The van der Waals surface area contributed by atoms with Crippen LogP contribution in [0.1, 0.15) is 26.2 Å². The molecule has 3 atom stereocenters. The first-order chi connectivity index (χ1) is 7.12. The van der Waals surface area contributed by atoms with Gasteiger partial charge in [-0.05, 0) is 57.7 Å². The fourth-order valence-corrected chi connectivity index (χ4v) is 2.80. The molecule has 0 radical (unpaired) electrons.